The highest BCUT2D eigenvalue weighted by atomic mass is 32.1. The molecule has 2 N–H and O–H groups in total. The molecular weight excluding hydrogens is 380 g/mol. The predicted octanol–water partition coefficient (Wildman–Crippen LogP) is 3.29. The molecule has 3 heterocycles. The molecule has 0 spiro atoms. The first kappa shape index (κ1) is 18.7. The molecule has 1 aromatic heterocycles. The van der Waals surface area contributed by atoms with Gasteiger partial charge in [0.2, 0.25) is 0 Å². The molecule has 148 valence electrons. The summed E-state index contributed by atoms with van der Waals surface area (Å²) in [5, 5.41) is 18.4. The summed E-state index contributed by atoms with van der Waals surface area (Å²) in [7, 11) is 1.39. The Morgan fingerprint density at radius 3 is 2.82 bits per heavy atom. The van der Waals surface area contributed by atoms with Crippen LogP contribution in [0.3, 0.4) is 0 Å². The lowest BCUT2D eigenvalue weighted by molar-refractivity contribution is -0.385. The number of hydrogen-bond donors (Lipinski definition) is 2. The Bertz CT molecular complexity index is 956. The molecule has 0 bridgehead atoms. The number of methoxy groups -OCH3 is 1. The number of ether oxygens (including phenoxy) is 1. The van der Waals surface area contributed by atoms with Crippen LogP contribution in [-0.2, 0) is 13.0 Å². The van der Waals surface area contributed by atoms with E-state index in [9.17, 15) is 14.9 Å². The summed E-state index contributed by atoms with van der Waals surface area (Å²) < 4.78 is 5.06. The predicted molar refractivity (Wildman–Crippen MR) is 107 cm³/mol. The van der Waals surface area contributed by atoms with Gasteiger partial charge in [-0.05, 0) is 31.9 Å². The normalized spacial score (nSPS) is 18.9. The first-order chi connectivity index (χ1) is 13.4. The van der Waals surface area contributed by atoms with Gasteiger partial charge in [-0.3, -0.25) is 19.8 Å². The third kappa shape index (κ3) is 3.10. The Morgan fingerprint density at radius 1 is 1.36 bits per heavy atom. The second kappa shape index (κ2) is 7.06. The van der Waals surface area contributed by atoms with E-state index < -0.39 is 11.1 Å². The van der Waals surface area contributed by atoms with Crippen molar-refractivity contribution in [3.63, 3.8) is 0 Å². The second-order valence-electron chi connectivity index (χ2n) is 7.26. The highest BCUT2D eigenvalue weighted by molar-refractivity contribution is 7.16. The molecule has 0 aliphatic carbocycles. The van der Waals surface area contributed by atoms with E-state index in [4.69, 9.17) is 4.74 Å². The van der Waals surface area contributed by atoms with Crippen LogP contribution in [0.5, 0.6) is 5.75 Å². The van der Waals surface area contributed by atoms with Gasteiger partial charge in [-0.25, -0.2) is 0 Å². The molecule has 0 saturated carbocycles. The van der Waals surface area contributed by atoms with Crippen molar-refractivity contribution in [3.05, 3.63) is 49.9 Å². The van der Waals surface area contributed by atoms with Crippen molar-refractivity contribution in [1.82, 2.24) is 10.2 Å². The van der Waals surface area contributed by atoms with Gasteiger partial charge < -0.3 is 15.4 Å². The van der Waals surface area contributed by atoms with Gasteiger partial charge in [-0.2, -0.15) is 0 Å². The van der Waals surface area contributed by atoms with Crippen LogP contribution < -0.4 is 15.4 Å². The molecule has 1 amide bonds. The molecule has 2 aliphatic rings. The highest BCUT2D eigenvalue weighted by Gasteiger charge is 2.34. The number of benzene rings is 1. The van der Waals surface area contributed by atoms with Gasteiger partial charge in [0.1, 0.15) is 11.2 Å². The van der Waals surface area contributed by atoms with E-state index in [1.807, 2.05) is 0 Å². The lowest BCUT2D eigenvalue weighted by Gasteiger charge is -2.30. The van der Waals surface area contributed by atoms with Crippen molar-refractivity contribution >= 4 is 27.9 Å². The quantitative estimate of drug-likeness (QED) is 0.602. The van der Waals surface area contributed by atoms with Crippen LogP contribution in [0.25, 0.3) is 0 Å². The van der Waals surface area contributed by atoms with Gasteiger partial charge in [0.25, 0.3) is 5.91 Å². The van der Waals surface area contributed by atoms with Crippen molar-refractivity contribution in [2.45, 2.75) is 39.0 Å². The van der Waals surface area contributed by atoms with E-state index in [1.165, 1.54) is 18.1 Å². The molecule has 9 heteroatoms. The van der Waals surface area contributed by atoms with Gasteiger partial charge in [-0.15, -0.1) is 11.3 Å². The molecule has 1 aromatic carbocycles. The summed E-state index contributed by atoms with van der Waals surface area (Å²) in [6.45, 7) is 6.14. The van der Waals surface area contributed by atoms with Crippen LogP contribution in [-0.4, -0.2) is 35.4 Å². The molecule has 0 fully saturated rings. The molecule has 2 aliphatic heterocycles. The van der Waals surface area contributed by atoms with Gasteiger partial charge in [0.05, 0.1) is 17.6 Å². The number of rotatable bonds is 4. The van der Waals surface area contributed by atoms with E-state index in [1.54, 1.807) is 23.5 Å². The van der Waals surface area contributed by atoms with Crippen LogP contribution in [0.2, 0.25) is 0 Å². The minimum absolute atomic E-state index is 0.125. The summed E-state index contributed by atoms with van der Waals surface area (Å²) in [4.78, 5) is 27.3. The Kier molecular flexibility index (Phi) is 4.72. The van der Waals surface area contributed by atoms with Gasteiger partial charge in [0.15, 0.2) is 5.75 Å². The SMILES string of the molecule is COc1ccc([C@@H]2NC(=O)c3c(sc4c3CCN(C(C)C)C4)N2)cc1[N+](=O)[O-]. The number of nitro groups is 1. The fourth-order valence-corrected chi connectivity index (χ4v) is 5.07. The Balaban J connectivity index is 1.65. The zero-order valence-corrected chi connectivity index (χ0v) is 16.8. The van der Waals surface area contributed by atoms with E-state index >= 15 is 0 Å². The van der Waals surface area contributed by atoms with Crippen molar-refractivity contribution in [2.75, 3.05) is 19.0 Å². The number of thiophene rings is 1. The molecule has 8 nitrogen and oxygen atoms in total. The van der Waals surface area contributed by atoms with Crippen molar-refractivity contribution < 1.29 is 14.5 Å². The zero-order chi connectivity index (χ0) is 20.0. The van der Waals surface area contributed by atoms with Gasteiger partial charge in [0, 0.05) is 35.6 Å². The Hall–Kier alpha value is -2.65. The summed E-state index contributed by atoms with van der Waals surface area (Å²) in [5.41, 5.74) is 2.34. The highest BCUT2D eigenvalue weighted by Crippen LogP contribution is 2.41. The number of anilines is 1. The van der Waals surface area contributed by atoms with Crippen LogP contribution >= 0.6 is 11.3 Å². The number of fused-ring (bicyclic) bond motifs is 3. The molecule has 28 heavy (non-hydrogen) atoms. The molecule has 1 atom stereocenters. The fourth-order valence-electron chi connectivity index (χ4n) is 3.77. The van der Waals surface area contributed by atoms with Crippen molar-refractivity contribution in [3.8, 4) is 5.75 Å². The van der Waals surface area contributed by atoms with Crippen LogP contribution in [0, 0.1) is 10.1 Å². The fraction of sp³-hybridized carbons (Fsp3) is 0.421. The first-order valence-electron chi connectivity index (χ1n) is 9.17. The summed E-state index contributed by atoms with van der Waals surface area (Å²) in [6.07, 6.45) is 0.332. The van der Waals surface area contributed by atoms with Crippen LogP contribution in [0.1, 0.15) is 46.4 Å². The van der Waals surface area contributed by atoms with Crippen LogP contribution in [0.4, 0.5) is 10.7 Å². The number of carbonyl (C=O) groups is 1. The monoisotopic (exact) mass is 402 g/mol. The van der Waals surface area contributed by atoms with E-state index in [2.05, 4.69) is 29.4 Å². The number of nitrogens with one attached hydrogen (secondary N) is 2. The molecule has 0 unspecified atom stereocenters. The third-order valence-corrected chi connectivity index (χ3v) is 6.48. The number of hydrogen-bond acceptors (Lipinski definition) is 7. The van der Waals surface area contributed by atoms with Gasteiger partial charge >= 0.3 is 5.69 Å². The average Bonchev–Trinajstić information content (AvgIpc) is 3.05. The smallest absolute Gasteiger partial charge is 0.311 e. The van der Waals surface area contributed by atoms with E-state index in [0.29, 0.717) is 11.6 Å². The topological polar surface area (TPSA) is 96.7 Å². The van der Waals surface area contributed by atoms with E-state index in [0.717, 1.165) is 35.6 Å². The average molecular weight is 402 g/mol. The second-order valence-corrected chi connectivity index (χ2v) is 8.37. The summed E-state index contributed by atoms with van der Waals surface area (Å²) >= 11 is 1.61. The largest absolute Gasteiger partial charge is 0.490 e. The molecule has 0 radical (unpaired) electrons. The number of amides is 1. The molecular formula is C19H22N4O4S. The van der Waals surface area contributed by atoms with Crippen molar-refractivity contribution in [1.29, 1.82) is 0 Å². The maximum absolute atomic E-state index is 12.8. The summed E-state index contributed by atoms with van der Waals surface area (Å²) in [5.74, 6) is 0.0599. The molecule has 2 aromatic rings. The number of nitrogens with zero attached hydrogens (tertiary/aromatic N) is 2. The van der Waals surface area contributed by atoms with Crippen LogP contribution in [0.15, 0.2) is 18.2 Å². The number of nitro benzene ring substituents is 1. The molecule has 0 saturated heterocycles. The minimum atomic E-state index is -0.522. The maximum Gasteiger partial charge on any atom is 0.311 e. The standard InChI is InChI=1S/C19H22N4O4S/c1-10(2)22-7-6-12-15(9-22)28-19-16(12)18(24)20-17(21-19)11-4-5-14(27-3)13(8-11)23(25)26/h4-5,8,10,17,21H,6-7,9H2,1-3H3,(H,20,24)/t17-/m1/s1. The van der Waals surface area contributed by atoms with Crippen molar-refractivity contribution in [2.24, 2.45) is 0 Å². The lowest BCUT2D eigenvalue weighted by atomic mass is 9.99. The maximum atomic E-state index is 12.8. The lowest BCUT2D eigenvalue weighted by Crippen LogP contribution is -2.39. The van der Waals surface area contributed by atoms with E-state index in [-0.39, 0.29) is 17.3 Å². The third-order valence-electron chi connectivity index (χ3n) is 5.33. The first-order valence-corrected chi connectivity index (χ1v) is 9.99. The molecule has 4 rings (SSSR count). The zero-order valence-electron chi connectivity index (χ0n) is 15.9. The summed E-state index contributed by atoms with van der Waals surface area (Å²) in [6, 6.07) is 5.18. The minimum Gasteiger partial charge on any atom is -0.490 e. The van der Waals surface area contributed by atoms with Gasteiger partial charge in [-0.1, -0.05) is 6.07 Å². The Labute approximate surface area is 166 Å². The Morgan fingerprint density at radius 2 is 2.14 bits per heavy atom. The number of carbonyl (C=O) groups excluding carboxylic acids is 1.